The van der Waals surface area contributed by atoms with Crippen molar-refractivity contribution in [2.75, 3.05) is 13.1 Å². The lowest BCUT2D eigenvalue weighted by Crippen LogP contribution is -2.58. The average Bonchev–Trinajstić information content (AvgIpc) is 2.81. The summed E-state index contributed by atoms with van der Waals surface area (Å²) in [6.45, 7) is 13.7. The molecule has 0 unspecified atom stereocenters. The van der Waals surface area contributed by atoms with E-state index in [-0.39, 0.29) is 5.54 Å². The molecule has 0 radical (unpaired) electrons. The van der Waals surface area contributed by atoms with E-state index in [4.69, 9.17) is 5.73 Å². The molecule has 1 rings (SSSR count). The van der Waals surface area contributed by atoms with Crippen LogP contribution in [-0.4, -0.2) is 29.6 Å². The summed E-state index contributed by atoms with van der Waals surface area (Å²) in [7, 11) is 0. The van der Waals surface area contributed by atoms with Crippen molar-refractivity contribution in [2.24, 2.45) is 17.6 Å². The van der Waals surface area contributed by atoms with Crippen molar-refractivity contribution < 1.29 is 0 Å². The molecule has 114 valence electrons. The van der Waals surface area contributed by atoms with Gasteiger partial charge in [-0.1, -0.05) is 47.5 Å². The van der Waals surface area contributed by atoms with Crippen LogP contribution in [0.15, 0.2) is 0 Å². The Kier molecular flexibility index (Phi) is 6.82. The summed E-state index contributed by atoms with van der Waals surface area (Å²) in [5.41, 5.74) is 6.54. The second-order valence-electron chi connectivity index (χ2n) is 7.35. The van der Waals surface area contributed by atoms with Gasteiger partial charge in [-0.3, -0.25) is 4.90 Å². The highest BCUT2D eigenvalue weighted by atomic mass is 15.2. The van der Waals surface area contributed by atoms with Gasteiger partial charge >= 0.3 is 0 Å². The van der Waals surface area contributed by atoms with Crippen LogP contribution in [0.25, 0.3) is 0 Å². The van der Waals surface area contributed by atoms with E-state index in [9.17, 15) is 0 Å². The topological polar surface area (TPSA) is 29.3 Å². The lowest BCUT2D eigenvalue weighted by molar-refractivity contribution is 0.0216. The maximum atomic E-state index is 6.31. The van der Waals surface area contributed by atoms with Gasteiger partial charge in [0.25, 0.3) is 0 Å². The monoisotopic (exact) mass is 268 g/mol. The summed E-state index contributed by atoms with van der Waals surface area (Å²) in [5, 5.41) is 0. The molecule has 0 aromatic rings. The lowest BCUT2D eigenvalue weighted by Gasteiger charge is -2.48. The predicted molar refractivity (Wildman–Crippen MR) is 85.3 cm³/mol. The number of hydrogen-bond acceptors (Lipinski definition) is 2. The molecule has 1 aliphatic carbocycles. The van der Waals surface area contributed by atoms with E-state index in [2.05, 4.69) is 39.5 Å². The summed E-state index contributed by atoms with van der Waals surface area (Å²) in [5.74, 6) is 1.44. The molecule has 0 aromatic carbocycles. The van der Waals surface area contributed by atoms with E-state index >= 15 is 0 Å². The van der Waals surface area contributed by atoms with E-state index < -0.39 is 0 Å². The van der Waals surface area contributed by atoms with E-state index in [0.717, 1.165) is 31.0 Å². The third-order valence-corrected chi connectivity index (χ3v) is 4.67. The van der Waals surface area contributed by atoms with Crippen LogP contribution in [0.4, 0.5) is 0 Å². The SMILES string of the molecule is CCN(C1CCCC1)C(CN)(CC(C)C)CC(C)C. The third kappa shape index (κ3) is 4.46. The molecule has 2 N–H and O–H groups in total. The molecule has 1 fully saturated rings. The number of rotatable bonds is 8. The first-order valence-electron chi connectivity index (χ1n) is 8.42. The lowest BCUT2D eigenvalue weighted by atomic mass is 9.79. The molecule has 1 saturated carbocycles. The van der Waals surface area contributed by atoms with Crippen LogP contribution >= 0.6 is 0 Å². The van der Waals surface area contributed by atoms with Gasteiger partial charge in [0.05, 0.1) is 0 Å². The Morgan fingerprint density at radius 1 is 1.05 bits per heavy atom. The summed E-state index contributed by atoms with van der Waals surface area (Å²) in [4.78, 5) is 2.78. The number of hydrogen-bond donors (Lipinski definition) is 1. The second kappa shape index (κ2) is 7.64. The van der Waals surface area contributed by atoms with Crippen molar-refractivity contribution >= 4 is 0 Å². The van der Waals surface area contributed by atoms with Gasteiger partial charge in [0.15, 0.2) is 0 Å². The molecule has 0 aliphatic heterocycles. The fourth-order valence-corrected chi connectivity index (χ4v) is 4.32. The Morgan fingerprint density at radius 2 is 1.53 bits per heavy atom. The van der Waals surface area contributed by atoms with Crippen molar-refractivity contribution in [3.8, 4) is 0 Å². The van der Waals surface area contributed by atoms with Gasteiger partial charge in [0.2, 0.25) is 0 Å². The first-order chi connectivity index (χ1) is 8.95. The van der Waals surface area contributed by atoms with Gasteiger partial charge in [-0.2, -0.15) is 0 Å². The van der Waals surface area contributed by atoms with E-state index in [1.165, 1.54) is 38.5 Å². The highest BCUT2D eigenvalue weighted by molar-refractivity contribution is 4.97. The second-order valence-corrected chi connectivity index (χ2v) is 7.35. The standard InChI is InChI=1S/C17H36N2/c1-6-19(16-9-7-8-10-16)17(13-18,11-14(2)3)12-15(4)5/h14-16H,6-13,18H2,1-5H3. The molecule has 0 aromatic heterocycles. The van der Waals surface area contributed by atoms with Crippen molar-refractivity contribution in [1.82, 2.24) is 4.90 Å². The molecule has 0 bridgehead atoms. The van der Waals surface area contributed by atoms with Crippen LogP contribution < -0.4 is 5.73 Å². The van der Waals surface area contributed by atoms with Gasteiger partial charge < -0.3 is 5.73 Å². The first-order valence-corrected chi connectivity index (χ1v) is 8.42. The minimum atomic E-state index is 0.228. The molecule has 2 nitrogen and oxygen atoms in total. The molecule has 0 heterocycles. The molecule has 19 heavy (non-hydrogen) atoms. The minimum absolute atomic E-state index is 0.228. The molecule has 0 spiro atoms. The molecular formula is C17H36N2. The number of nitrogens with two attached hydrogens (primary N) is 1. The van der Waals surface area contributed by atoms with Gasteiger partial charge in [-0.05, 0) is 44.1 Å². The molecular weight excluding hydrogens is 232 g/mol. The van der Waals surface area contributed by atoms with Crippen LogP contribution in [0, 0.1) is 11.8 Å². The van der Waals surface area contributed by atoms with Crippen LogP contribution in [0.2, 0.25) is 0 Å². The summed E-state index contributed by atoms with van der Waals surface area (Å²) in [6, 6.07) is 0.783. The average molecular weight is 268 g/mol. The highest BCUT2D eigenvalue weighted by Crippen LogP contribution is 2.36. The summed E-state index contributed by atoms with van der Waals surface area (Å²) in [6.07, 6.45) is 8.06. The fourth-order valence-electron chi connectivity index (χ4n) is 4.32. The third-order valence-electron chi connectivity index (χ3n) is 4.67. The fraction of sp³-hybridized carbons (Fsp3) is 1.00. The maximum absolute atomic E-state index is 6.31. The number of likely N-dealkylation sites (N-methyl/N-ethyl adjacent to an activating group) is 1. The van der Waals surface area contributed by atoms with Crippen LogP contribution in [0.5, 0.6) is 0 Å². The van der Waals surface area contributed by atoms with Crippen molar-refractivity contribution in [3.05, 3.63) is 0 Å². The Bertz CT molecular complexity index is 232. The Morgan fingerprint density at radius 3 is 1.84 bits per heavy atom. The van der Waals surface area contributed by atoms with Crippen molar-refractivity contribution in [2.45, 2.75) is 84.7 Å². The largest absolute Gasteiger partial charge is 0.329 e. The zero-order valence-corrected chi connectivity index (χ0v) is 13.9. The first kappa shape index (κ1) is 17.0. The molecule has 0 atom stereocenters. The Balaban J connectivity index is 2.94. The molecule has 1 aliphatic rings. The Labute approximate surface area is 121 Å². The van der Waals surface area contributed by atoms with Crippen molar-refractivity contribution in [1.29, 1.82) is 0 Å². The van der Waals surface area contributed by atoms with E-state index in [1.54, 1.807) is 0 Å². The minimum Gasteiger partial charge on any atom is -0.329 e. The molecule has 0 amide bonds. The van der Waals surface area contributed by atoms with Gasteiger partial charge in [-0.25, -0.2) is 0 Å². The Hall–Kier alpha value is -0.0800. The summed E-state index contributed by atoms with van der Waals surface area (Å²) >= 11 is 0. The van der Waals surface area contributed by atoms with Gasteiger partial charge in [-0.15, -0.1) is 0 Å². The zero-order chi connectivity index (χ0) is 14.5. The highest BCUT2D eigenvalue weighted by Gasteiger charge is 2.40. The van der Waals surface area contributed by atoms with Crippen molar-refractivity contribution in [3.63, 3.8) is 0 Å². The smallest absolute Gasteiger partial charge is 0.0339 e. The predicted octanol–water partition coefficient (Wildman–Crippen LogP) is 4.04. The van der Waals surface area contributed by atoms with Crippen LogP contribution in [0.1, 0.15) is 73.1 Å². The van der Waals surface area contributed by atoms with Gasteiger partial charge in [0.1, 0.15) is 0 Å². The zero-order valence-electron chi connectivity index (χ0n) is 13.9. The van der Waals surface area contributed by atoms with Gasteiger partial charge in [0, 0.05) is 18.1 Å². The van der Waals surface area contributed by atoms with E-state index in [1.807, 2.05) is 0 Å². The molecule has 0 saturated heterocycles. The summed E-state index contributed by atoms with van der Waals surface area (Å²) < 4.78 is 0. The quantitative estimate of drug-likeness (QED) is 0.720. The normalized spacial score (nSPS) is 18.2. The number of nitrogens with zero attached hydrogens (tertiary/aromatic N) is 1. The maximum Gasteiger partial charge on any atom is 0.0339 e. The van der Waals surface area contributed by atoms with Crippen LogP contribution in [-0.2, 0) is 0 Å². The molecule has 2 heteroatoms. The van der Waals surface area contributed by atoms with E-state index in [0.29, 0.717) is 0 Å². The van der Waals surface area contributed by atoms with Crippen LogP contribution in [0.3, 0.4) is 0 Å².